The summed E-state index contributed by atoms with van der Waals surface area (Å²) in [4.78, 5) is 20.4. The number of hydrogen-bond donors (Lipinski definition) is 0. The van der Waals surface area contributed by atoms with Crippen LogP contribution < -0.4 is 9.47 Å². The number of carbonyl (C=O) groups excluding carboxylic acids is 1. The Bertz CT molecular complexity index is 717. The molecule has 0 aliphatic rings. The first kappa shape index (κ1) is 22.7. The molecule has 1 heterocycles. The predicted octanol–water partition coefficient (Wildman–Crippen LogP) is 5.21. The summed E-state index contributed by atoms with van der Waals surface area (Å²) in [5, 5.41) is 0. The molecular weight excluding hydrogens is 368 g/mol. The lowest BCUT2D eigenvalue weighted by Crippen LogP contribution is -2.25. The second-order valence-electron chi connectivity index (χ2n) is 6.90. The summed E-state index contributed by atoms with van der Waals surface area (Å²) < 4.78 is 16.2. The standard InChI is InChI=1S/C23H32N2O4/c1-4-6-7-8-9-10-15-28-21-16-24-22(25-17-21)19-11-13-20(14-12-19)29-18(3)23(26)27-5-2/h11-14,16-18H,4-10,15H2,1-3H3/t18-/m0/s1. The summed E-state index contributed by atoms with van der Waals surface area (Å²) in [5.74, 6) is 1.51. The third-order valence-corrected chi connectivity index (χ3v) is 4.44. The fraction of sp³-hybridized carbons (Fsp3) is 0.522. The zero-order chi connectivity index (χ0) is 20.9. The molecule has 0 amide bonds. The van der Waals surface area contributed by atoms with E-state index in [1.807, 2.05) is 12.1 Å². The second-order valence-corrected chi connectivity index (χ2v) is 6.90. The van der Waals surface area contributed by atoms with E-state index >= 15 is 0 Å². The molecule has 0 saturated carbocycles. The minimum Gasteiger partial charge on any atom is -0.490 e. The molecule has 6 heteroatoms. The maximum absolute atomic E-state index is 11.6. The van der Waals surface area contributed by atoms with Gasteiger partial charge in [-0.05, 0) is 44.5 Å². The van der Waals surface area contributed by atoms with Crippen molar-refractivity contribution in [1.29, 1.82) is 0 Å². The molecule has 1 atom stereocenters. The Labute approximate surface area is 173 Å². The van der Waals surface area contributed by atoms with E-state index < -0.39 is 6.10 Å². The maximum Gasteiger partial charge on any atom is 0.347 e. The Kier molecular flexibility index (Phi) is 9.96. The molecule has 29 heavy (non-hydrogen) atoms. The Morgan fingerprint density at radius 1 is 0.931 bits per heavy atom. The molecule has 0 aliphatic heterocycles. The molecular formula is C23H32N2O4. The van der Waals surface area contributed by atoms with Gasteiger partial charge in [0.1, 0.15) is 5.75 Å². The highest BCUT2D eigenvalue weighted by atomic mass is 16.6. The van der Waals surface area contributed by atoms with Crippen LogP contribution >= 0.6 is 0 Å². The summed E-state index contributed by atoms with van der Waals surface area (Å²) in [7, 11) is 0. The van der Waals surface area contributed by atoms with Gasteiger partial charge in [-0.2, -0.15) is 0 Å². The highest BCUT2D eigenvalue weighted by molar-refractivity contribution is 5.74. The van der Waals surface area contributed by atoms with Crippen LogP contribution in [0.25, 0.3) is 11.4 Å². The van der Waals surface area contributed by atoms with Crippen LogP contribution in [0.1, 0.15) is 59.3 Å². The molecule has 0 bridgehead atoms. The number of esters is 1. The molecule has 0 radical (unpaired) electrons. The van der Waals surface area contributed by atoms with Crippen molar-refractivity contribution < 1.29 is 19.0 Å². The highest BCUT2D eigenvalue weighted by Crippen LogP contribution is 2.21. The lowest BCUT2D eigenvalue weighted by atomic mass is 10.1. The van der Waals surface area contributed by atoms with Gasteiger partial charge in [0.2, 0.25) is 0 Å². The molecule has 1 aromatic carbocycles. The van der Waals surface area contributed by atoms with Gasteiger partial charge in [-0.1, -0.05) is 39.0 Å². The van der Waals surface area contributed by atoms with Gasteiger partial charge < -0.3 is 14.2 Å². The molecule has 0 aliphatic carbocycles. The maximum atomic E-state index is 11.6. The molecule has 2 aromatic rings. The van der Waals surface area contributed by atoms with E-state index in [4.69, 9.17) is 14.2 Å². The molecule has 0 fully saturated rings. The molecule has 2 rings (SSSR count). The third kappa shape index (κ3) is 8.10. The van der Waals surface area contributed by atoms with Gasteiger partial charge in [0.25, 0.3) is 0 Å². The topological polar surface area (TPSA) is 70.5 Å². The normalized spacial score (nSPS) is 11.7. The van der Waals surface area contributed by atoms with E-state index in [1.165, 1.54) is 32.1 Å². The number of aromatic nitrogens is 2. The van der Waals surface area contributed by atoms with Gasteiger partial charge in [0.05, 0.1) is 25.6 Å². The van der Waals surface area contributed by atoms with Crippen LogP contribution in [-0.4, -0.2) is 35.3 Å². The van der Waals surface area contributed by atoms with Crippen LogP contribution in [-0.2, 0) is 9.53 Å². The Hall–Kier alpha value is -2.63. The Morgan fingerprint density at radius 3 is 2.24 bits per heavy atom. The number of ether oxygens (including phenoxy) is 3. The largest absolute Gasteiger partial charge is 0.490 e. The van der Waals surface area contributed by atoms with Crippen LogP contribution in [0.5, 0.6) is 11.5 Å². The SMILES string of the molecule is CCCCCCCCOc1cnc(-c2ccc(O[C@@H](C)C(=O)OCC)cc2)nc1. The summed E-state index contributed by atoms with van der Waals surface area (Å²) >= 11 is 0. The van der Waals surface area contributed by atoms with E-state index in [0.29, 0.717) is 30.5 Å². The molecule has 0 unspecified atom stereocenters. The summed E-state index contributed by atoms with van der Waals surface area (Å²) in [6, 6.07) is 7.30. The van der Waals surface area contributed by atoms with Gasteiger partial charge >= 0.3 is 5.97 Å². The highest BCUT2D eigenvalue weighted by Gasteiger charge is 2.15. The molecule has 0 spiro atoms. The predicted molar refractivity (Wildman–Crippen MR) is 113 cm³/mol. The van der Waals surface area contributed by atoms with Crippen LogP contribution in [0.15, 0.2) is 36.7 Å². The smallest absolute Gasteiger partial charge is 0.347 e. The van der Waals surface area contributed by atoms with Gasteiger partial charge in [0.15, 0.2) is 17.7 Å². The minimum absolute atomic E-state index is 0.335. The van der Waals surface area contributed by atoms with Crippen LogP contribution in [0.3, 0.4) is 0 Å². The van der Waals surface area contributed by atoms with Crippen LogP contribution in [0, 0.1) is 0 Å². The van der Waals surface area contributed by atoms with Gasteiger partial charge in [0, 0.05) is 5.56 Å². The number of hydrogen-bond acceptors (Lipinski definition) is 6. The summed E-state index contributed by atoms with van der Waals surface area (Å²) in [6.45, 7) is 6.69. The van der Waals surface area contributed by atoms with Gasteiger partial charge in [-0.3, -0.25) is 0 Å². The van der Waals surface area contributed by atoms with Gasteiger partial charge in [-0.15, -0.1) is 0 Å². The van der Waals surface area contributed by atoms with E-state index in [1.54, 1.807) is 38.4 Å². The Balaban J connectivity index is 1.79. The Morgan fingerprint density at radius 2 is 1.59 bits per heavy atom. The number of unbranched alkanes of at least 4 members (excludes halogenated alkanes) is 5. The van der Waals surface area contributed by atoms with Crippen molar-refractivity contribution >= 4 is 5.97 Å². The lowest BCUT2D eigenvalue weighted by molar-refractivity contribution is -0.150. The molecule has 0 saturated heterocycles. The van der Waals surface area contributed by atoms with E-state index in [0.717, 1.165) is 12.0 Å². The van der Waals surface area contributed by atoms with E-state index in [2.05, 4.69) is 16.9 Å². The lowest BCUT2D eigenvalue weighted by Gasteiger charge is -2.13. The number of nitrogens with zero attached hydrogens (tertiary/aromatic N) is 2. The first-order valence-corrected chi connectivity index (χ1v) is 10.5. The van der Waals surface area contributed by atoms with Crippen molar-refractivity contribution in [2.75, 3.05) is 13.2 Å². The van der Waals surface area contributed by atoms with E-state index in [-0.39, 0.29) is 5.97 Å². The van der Waals surface area contributed by atoms with Crippen molar-refractivity contribution in [1.82, 2.24) is 9.97 Å². The summed E-state index contributed by atoms with van der Waals surface area (Å²) in [6.07, 6.45) is 10.2. The van der Waals surface area contributed by atoms with Crippen molar-refractivity contribution in [3.8, 4) is 22.9 Å². The average molecular weight is 401 g/mol. The van der Waals surface area contributed by atoms with E-state index in [9.17, 15) is 4.79 Å². The van der Waals surface area contributed by atoms with Crippen molar-refractivity contribution in [2.45, 2.75) is 65.4 Å². The molecule has 0 N–H and O–H groups in total. The first-order chi connectivity index (χ1) is 14.1. The summed E-state index contributed by atoms with van der Waals surface area (Å²) in [5.41, 5.74) is 0.864. The molecule has 158 valence electrons. The average Bonchev–Trinajstić information content (AvgIpc) is 2.74. The monoisotopic (exact) mass is 400 g/mol. The third-order valence-electron chi connectivity index (χ3n) is 4.44. The fourth-order valence-corrected chi connectivity index (χ4v) is 2.81. The van der Waals surface area contributed by atoms with Gasteiger partial charge in [-0.25, -0.2) is 14.8 Å². The number of rotatable bonds is 13. The van der Waals surface area contributed by atoms with Crippen molar-refractivity contribution in [2.24, 2.45) is 0 Å². The first-order valence-electron chi connectivity index (χ1n) is 10.5. The number of carbonyl (C=O) groups is 1. The van der Waals surface area contributed by atoms with Crippen molar-refractivity contribution in [3.05, 3.63) is 36.7 Å². The molecule has 6 nitrogen and oxygen atoms in total. The molecule has 1 aromatic heterocycles. The zero-order valence-corrected chi connectivity index (χ0v) is 17.7. The fourth-order valence-electron chi connectivity index (χ4n) is 2.81. The zero-order valence-electron chi connectivity index (χ0n) is 17.7. The van der Waals surface area contributed by atoms with Crippen LogP contribution in [0.4, 0.5) is 0 Å². The second kappa shape index (κ2) is 12.8. The minimum atomic E-state index is -0.653. The number of benzene rings is 1. The quantitative estimate of drug-likeness (QED) is 0.339. The van der Waals surface area contributed by atoms with Crippen molar-refractivity contribution in [3.63, 3.8) is 0 Å². The van der Waals surface area contributed by atoms with Crippen LogP contribution in [0.2, 0.25) is 0 Å².